The van der Waals surface area contributed by atoms with Crippen LogP contribution in [0.15, 0.2) is 53.3 Å². The maximum absolute atomic E-state index is 13.0. The Balaban J connectivity index is 1.58. The Hall–Kier alpha value is -2.11. The molecule has 1 aromatic heterocycles. The summed E-state index contributed by atoms with van der Waals surface area (Å²) in [5, 5.41) is 0. The second-order valence-corrected chi connectivity index (χ2v) is 6.77. The van der Waals surface area contributed by atoms with Gasteiger partial charge in [-0.3, -0.25) is 9.69 Å². The van der Waals surface area contributed by atoms with E-state index < -0.39 is 0 Å². The van der Waals surface area contributed by atoms with Gasteiger partial charge in [-0.05, 0) is 24.5 Å². The van der Waals surface area contributed by atoms with Crippen LogP contribution in [0.25, 0.3) is 0 Å². The van der Waals surface area contributed by atoms with Crippen molar-refractivity contribution in [3.8, 4) is 0 Å². The normalized spacial score (nSPS) is 24.6. The smallest absolute Gasteiger partial charge is 0.257 e. The van der Waals surface area contributed by atoms with Crippen LogP contribution in [0.2, 0.25) is 0 Å². The van der Waals surface area contributed by atoms with E-state index in [1.807, 2.05) is 11.0 Å². The third-order valence-electron chi connectivity index (χ3n) is 5.34. The van der Waals surface area contributed by atoms with Crippen LogP contribution in [-0.2, 0) is 11.2 Å². The molecule has 5 nitrogen and oxygen atoms in total. The molecule has 0 spiro atoms. The van der Waals surface area contributed by atoms with Gasteiger partial charge < -0.3 is 14.1 Å². The first kappa shape index (κ1) is 16.4. The molecule has 0 aliphatic carbocycles. The highest BCUT2D eigenvalue weighted by molar-refractivity contribution is 5.94. The number of nitrogens with zero attached hydrogens (tertiary/aromatic N) is 2. The number of carbonyl (C=O) groups is 1. The van der Waals surface area contributed by atoms with Crippen LogP contribution < -0.4 is 0 Å². The van der Waals surface area contributed by atoms with E-state index in [9.17, 15) is 4.79 Å². The van der Waals surface area contributed by atoms with E-state index in [1.165, 1.54) is 5.56 Å². The van der Waals surface area contributed by atoms with E-state index >= 15 is 0 Å². The third kappa shape index (κ3) is 3.48. The molecular weight excluding hydrogens is 316 g/mol. The first-order chi connectivity index (χ1) is 12.3. The van der Waals surface area contributed by atoms with E-state index in [0.29, 0.717) is 11.6 Å². The molecule has 0 bridgehead atoms. The van der Waals surface area contributed by atoms with Crippen LogP contribution in [0.4, 0.5) is 0 Å². The standard InChI is InChI=1S/C20H24N2O3/c23-20(17-7-11-25-15-17)22-8-6-18(21-9-12-24-13-10-21)19(22)14-16-4-2-1-3-5-16/h1-5,7,11,15,18-19H,6,8-10,12-14H2/t18-,19-/m1/s1. The van der Waals surface area contributed by atoms with Crippen molar-refractivity contribution in [2.24, 2.45) is 0 Å². The molecule has 1 aromatic carbocycles. The summed E-state index contributed by atoms with van der Waals surface area (Å²) < 4.78 is 10.6. The number of rotatable bonds is 4. The quantitative estimate of drug-likeness (QED) is 0.858. The lowest BCUT2D eigenvalue weighted by Gasteiger charge is -2.37. The van der Waals surface area contributed by atoms with Crippen LogP contribution in [0.5, 0.6) is 0 Å². The Morgan fingerprint density at radius 3 is 2.60 bits per heavy atom. The van der Waals surface area contributed by atoms with Gasteiger partial charge in [0.1, 0.15) is 6.26 Å². The maximum atomic E-state index is 13.0. The molecule has 1 amide bonds. The summed E-state index contributed by atoms with van der Waals surface area (Å²) in [6, 6.07) is 12.8. The number of hydrogen-bond acceptors (Lipinski definition) is 4. The molecule has 2 atom stereocenters. The summed E-state index contributed by atoms with van der Waals surface area (Å²) in [7, 11) is 0. The lowest BCUT2D eigenvalue weighted by atomic mass is 9.98. The highest BCUT2D eigenvalue weighted by atomic mass is 16.5. The van der Waals surface area contributed by atoms with E-state index in [-0.39, 0.29) is 11.9 Å². The minimum atomic E-state index is 0.0745. The summed E-state index contributed by atoms with van der Waals surface area (Å²) in [4.78, 5) is 17.5. The Morgan fingerprint density at radius 1 is 1.08 bits per heavy atom. The zero-order chi connectivity index (χ0) is 17.1. The zero-order valence-electron chi connectivity index (χ0n) is 14.3. The van der Waals surface area contributed by atoms with Gasteiger partial charge in [-0.2, -0.15) is 0 Å². The largest absolute Gasteiger partial charge is 0.472 e. The minimum Gasteiger partial charge on any atom is -0.472 e. The molecule has 2 aromatic rings. The molecule has 2 aliphatic rings. The summed E-state index contributed by atoms with van der Waals surface area (Å²) in [6.45, 7) is 4.26. The first-order valence-corrected chi connectivity index (χ1v) is 9.02. The molecule has 0 radical (unpaired) electrons. The van der Waals surface area contributed by atoms with Crippen LogP contribution in [0, 0.1) is 0 Å². The molecule has 2 fully saturated rings. The van der Waals surface area contributed by atoms with Gasteiger partial charge in [-0.15, -0.1) is 0 Å². The fourth-order valence-electron chi connectivity index (χ4n) is 4.08. The predicted octanol–water partition coefficient (Wildman–Crippen LogP) is 2.44. The molecule has 0 saturated carbocycles. The van der Waals surface area contributed by atoms with Gasteiger partial charge >= 0.3 is 0 Å². The topological polar surface area (TPSA) is 45.9 Å². The van der Waals surface area contributed by atoms with E-state index in [2.05, 4.69) is 29.2 Å². The maximum Gasteiger partial charge on any atom is 0.257 e. The van der Waals surface area contributed by atoms with Crippen molar-refractivity contribution >= 4 is 5.91 Å². The predicted molar refractivity (Wildman–Crippen MR) is 94.5 cm³/mol. The van der Waals surface area contributed by atoms with E-state index in [0.717, 1.165) is 45.7 Å². The molecule has 0 N–H and O–H groups in total. The average molecular weight is 340 g/mol. The molecule has 4 rings (SSSR count). The van der Waals surface area contributed by atoms with Gasteiger partial charge in [-0.1, -0.05) is 30.3 Å². The number of hydrogen-bond donors (Lipinski definition) is 0. The molecular formula is C20H24N2O3. The van der Waals surface area contributed by atoms with Gasteiger partial charge in [0.2, 0.25) is 0 Å². The number of benzene rings is 1. The minimum absolute atomic E-state index is 0.0745. The van der Waals surface area contributed by atoms with Crippen molar-refractivity contribution < 1.29 is 13.9 Å². The van der Waals surface area contributed by atoms with Crippen LogP contribution in [0.3, 0.4) is 0 Å². The Kier molecular flexibility index (Phi) is 4.85. The number of furan rings is 1. The van der Waals surface area contributed by atoms with Gasteiger partial charge in [0.05, 0.1) is 31.1 Å². The van der Waals surface area contributed by atoms with Crippen LogP contribution in [0.1, 0.15) is 22.3 Å². The number of morpholine rings is 1. The summed E-state index contributed by atoms with van der Waals surface area (Å²) in [6.07, 6.45) is 5.01. The van der Waals surface area contributed by atoms with Gasteiger partial charge in [-0.25, -0.2) is 0 Å². The lowest BCUT2D eigenvalue weighted by Crippen LogP contribution is -2.51. The van der Waals surface area contributed by atoms with Crippen molar-refractivity contribution in [2.75, 3.05) is 32.8 Å². The fraction of sp³-hybridized carbons (Fsp3) is 0.450. The summed E-state index contributed by atoms with van der Waals surface area (Å²) >= 11 is 0. The molecule has 5 heteroatoms. The monoisotopic (exact) mass is 340 g/mol. The van der Waals surface area contributed by atoms with Gasteiger partial charge in [0.25, 0.3) is 5.91 Å². The Morgan fingerprint density at radius 2 is 1.88 bits per heavy atom. The van der Waals surface area contributed by atoms with Crippen molar-refractivity contribution in [1.82, 2.24) is 9.80 Å². The second kappa shape index (κ2) is 7.42. The number of likely N-dealkylation sites (tertiary alicyclic amines) is 1. The Labute approximate surface area is 148 Å². The van der Waals surface area contributed by atoms with Crippen LogP contribution >= 0.6 is 0 Å². The summed E-state index contributed by atoms with van der Waals surface area (Å²) in [5.74, 6) is 0.0745. The second-order valence-electron chi connectivity index (χ2n) is 6.77. The Bertz CT molecular complexity index is 680. The van der Waals surface area contributed by atoms with Crippen molar-refractivity contribution in [2.45, 2.75) is 24.9 Å². The van der Waals surface area contributed by atoms with Crippen molar-refractivity contribution in [3.05, 3.63) is 60.1 Å². The highest BCUT2D eigenvalue weighted by Gasteiger charge is 2.40. The zero-order valence-corrected chi connectivity index (χ0v) is 14.3. The molecule has 0 unspecified atom stereocenters. The number of ether oxygens (including phenoxy) is 1. The molecule has 2 saturated heterocycles. The highest BCUT2D eigenvalue weighted by Crippen LogP contribution is 2.28. The first-order valence-electron chi connectivity index (χ1n) is 9.02. The van der Waals surface area contributed by atoms with Crippen molar-refractivity contribution in [1.29, 1.82) is 0 Å². The van der Waals surface area contributed by atoms with E-state index in [4.69, 9.17) is 9.15 Å². The average Bonchev–Trinajstić information content (AvgIpc) is 3.33. The lowest BCUT2D eigenvalue weighted by molar-refractivity contribution is 0.00864. The molecule has 132 valence electrons. The third-order valence-corrected chi connectivity index (χ3v) is 5.34. The van der Waals surface area contributed by atoms with Gasteiger partial charge in [0, 0.05) is 25.7 Å². The SMILES string of the molecule is O=C(c1ccoc1)N1CC[C@@H](N2CCOCC2)[C@H]1Cc1ccccc1. The fourth-order valence-corrected chi connectivity index (χ4v) is 4.08. The van der Waals surface area contributed by atoms with Crippen molar-refractivity contribution in [3.63, 3.8) is 0 Å². The van der Waals surface area contributed by atoms with Gasteiger partial charge in [0.15, 0.2) is 0 Å². The van der Waals surface area contributed by atoms with E-state index in [1.54, 1.807) is 18.6 Å². The molecule has 25 heavy (non-hydrogen) atoms. The molecule has 3 heterocycles. The molecule has 2 aliphatic heterocycles. The summed E-state index contributed by atoms with van der Waals surface area (Å²) in [5.41, 5.74) is 1.92. The number of carbonyl (C=O) groups excluding carboxylic acids is 1. The number of amides is 1. The van der Waals surface area contributed by atoms with Crippen LogP contribution in [-0.4, -0.2) is 60.6 Å².